The number of carbonyl (C=O) groups is 1. The minimum absolute atomic E-state index is 0.0289. The summed E-state index contributed by atoms with van der Waals surface area (Å²) < 4.78 is 3.74. The fourth-order valence-electron chi connectivity index (χ4n) is 1.84. The second-order valence-corrected chi connectivity index (χ2v) is 4.70. The van der Waals surface area contributed by atoms with Gasteiger partial charge in [-0.2, -0.15) is 0 Å². The van der Waals surface area contributed by atoms with E-state index in [1.165, 1.54) is 17.6 Å². The molecular formula is C15H10N2OS. The number of nitrogens with zero attached hydrogens (tertiary/aromatic N) is 2. The summed E-state index contributed by atoms with van der Waals surface area (Å²) >= 11 is 1.27. The summed E-state index contributed by atoms with van der Waals surface area (Å²) in [5.74, 6) is -0.0289. The molecule has 0 aliphatic heterocycles. The number of rotatable bonds is 3. The highest BCUT2D eigenvalue weighted by atomic mass is 32.1. The summed E-state index contributed by atoms with van der Waals surface area (Å²) in [6, 6.07) is 13.7. The highest BCUT2D eigenvalue weighted by Gasteiger charge is 2.03. The Kier molecular flexibility index (Phi) is 3.16. The third-order valence-corrected chi connectivity index (χ3v) is 3.34. The van der Waals surface area contributed by atoms with Crippen molar-refractivity contribution >= 4 is 34.2 Å². The second kappa shape index (κ2) is 5.12. The van der Waals surface area contributed by atoms with Crippen molar-refractivity contribution in [2.75, 3.05) is 0 Å². The van der Waals surface area contributed by atoms with Gasteiger partial charge in [-0.3, -0.25) is 4.79 Å². The molecule has 0 radical (unpaired) electrons. The molecule has 0 bridgehead atoms. The van der Waals surface area contributed by atoms with Crippen LogP contribution in [0, 0.1) is 0 Å². The van der Waals surface area contributed by atoms with E-state index < -0.39 is 0 Å². The van der Waals surface area contributed by atoms with Gasteiger partial charge >= 0.3 is 0 Å². The quantitative estimate of drug-likeness (QED) is 0.537. The third kappa shape index (κ3) is 2.58. The van der Waals surface area contributed by atoms with Crippen molar-refractivity contribution in [1.82, 2.24) is 9.59 Å². The van der Waals surface area contributed by atoms with Crippen molar-refractivity contribution in [3.05, 3.63) is 65.2 Å². The van der Waals surface area contributed by atoms with Crippen LogP contribution in [0.2, 0.25) is 0 Å². The Morgan fingerprint density at radius 2 is 1.95 bits per heavy atom. The second-order valence-electron chi connectivity index (χ2n) is 4.09. The van der Waals surface area contributed by atoms with E-state index in [0.717, 1.165) is 10.8 Å². The smallest absolute Gasteiger partial charge is 0.185 e. The molecule has 1 aromatic heterocycles. The van der Waals surface area contributed by atoms with Crippen molar-refractivity contribution in [2.45, 2.75) is 0 Å². The number of carbonyl (C=O) groups excluding carboxylic acids is 1. The first-order valence-electron chi connectivity index (χ1n) is 5.81. The Bertz CT molecular complexity index is 748. The predicted molar refractivity (Wildman–Crippen MR) is 77.2 cm³/mol. The lowest BCUT2D eigenvalue weighted by molar-refractivity contribution is 0.104. The number of allylic oxidation sites excluding steroid dienone is 1. The molecule has 3 aromatic rings. The summed E-state index contributed by atoms with van der Waals surface area (Å²) in [7, 11) is 0. The summed E-state index contributed by atoms with van der Waals surface area (Å²) in [6.07, 6.45) is 3.21. The molecule has 0 aliphatic carbocycles. The van der Waals surface area contributed by atoms with Crippen LogP contribution in [-0.4, -0.2) is 15.4 Å². The number of ketones is 1. The first-order chi connectivity index (χ1) is 9.33. The van der Waals surface area contributed by atoms with Gasteiger partial charge in [-0.15, -0.1) is 5.10 Å². The lowest BCUT2D eigenvalue weighted by Crippen LogP contribution is -1.93. The maximum absolute atomic E-state index is 12.1. The molecule has 1 heterocycles. The first-order valence-corrected chi connectivity index (χ1v) is 6.65. The average Bonchev–Trinajstić information content (AvgIpc) is 2.97. The van der Waals surface area contributed by atoms with Crippen LogP contribution in [0.4, 0.5) is 0 Å². The monoisotopic (exact) mass is 266 g/mol. The van der Waals surface area contributed by atoms with E-state index >= 15 is 0 Å². The Labute approximate surface area is 114 Å². The lowest BCUT2D eigenvalue weighted by Gasteiger charge is -2.00. The molecule has 0 saturated heterocycles. The molecule has 3 rings (SSSR count). The predicted octanol–water partition coefficient (Wildman–Crippen LogP) is 3.59. The molecule has 0 N–H and O–H groups in total. The molecule has 0 amide bonds. The first kappa shape index (κ1) is 11.7. The van der Waals surface area contributed by atoms with Crippen molar-refractivity contribution in [3.63, 3.8) is 0 Å². The third-order valence-electron chi connectivity index (χ3n) is 2.82. The van der Waals surface area contributed by atoms with Crippen LogP contribution in [0.1, 0.15) is 16.1 Å². The minimum Gasteiger partial charge on any atom is -0.289 e. The van der Waals surface area contributed by atoms with Crippen LogP contribution < -0.4 is 0 Å². The topological polar surface area (TPSA) is 42.9 Å². The van der Waals surface area contributed by atoms with Gasteiger partial charge in [0.25, 0.3) is 0 Å². The van der Waals surface area contributed by atoms with Crippen molar-refractivity contribution in [1.29, 1.82) is 0 Å². The van der Waals surface area contributed by atoms with E-state index in [4.69, 9.17) is 0 Å². The average molecular weight is 266 g/mol. The molecule has 2 aromatic carbocycles. The minimum atomic E-state index is -0.0289. The molecule has 0 spiro atoms. The van der Waals surface area contributed by atoms with Crippen LogP contribution in [0.5, 0.6) is 0 Å². The van der Waals surface area contributed by atoms with Crippen molar-refractivity contribution in [3.8, 4) is 0 Å². The van der Waals surface area contributed by atoms with Gasteiger partial charge in [0.2, 0.25) is 0 Å². The molecule has 0 unspecified atom stereocenters. The lowest BCUT2D eigenvalue weighted by atomic mass is 10.0. The van der Waals surface area contributed by atoms with E-state index in [-0.39, 0.29) is 5.78 Å². The molecule has 0 fully saturated rings. The van der Waals surface area contributed by atoms with Crippen molar-refractivity contribution < 1.29 is 4.79 Å². The van der Waals surface area contributed by atoms with Gasteiger partial charge in [-0.1, -0.05) is 40.9 Å². The molecule has 19 heavy (non-hydrogen) atoms. The molecule has 4 heteroatoms. The fourth-order valence-corrected chi connectivity index (χ4v) is 2.27. The van der Waals surface area contributed by atoms with Crippen LogP contribution >= 0.6 is 11.5 Å². The maximum atomic E-state index is 12.1. The van der Waals surface area contributed by atoms with E-state index in [1.807, 2.05) is 42.5 Å². The van der Waals surface area contributed by atoms with Gasteiger partial charge < -0.3 is 0 Å². The molecule has 3 nitrogen and oxygen atoms in total. The van der Waals surface area contributed by atoms with E-state index in [1.54, 1.807) is 11.5 Å². The maximum Gasteiger partial charge on any atom is 0.185 e. The summed E-state index contributed by atoms with van der Waals surface area (Å²) in [5, 5.41) is 7.86. The van der Waals surface area contributed by atoms with Gasteiger partial charge in [-0.05, 0) is 40.5 Å². The zero-order chi connectivity index (χ0) is 13.1. The van der Waals surface area contributed by atoms with E-state index in [2.05, 4.69) is 9.59 Å². The Balaban J connectivity index is 1.89. The molecule has 0 atom stereocenters. The summed E-state index contributed by atoms with van der Waals surface area (Å²) in [4.78, 5) is 12.1. The normalized spacial score (nSPS) is 11.2. The van der Waals surface area contributed by atoms with Crippen LogP contribution in [0.15, 0.2) is 53.9 Å². The fraction of sp³-hybridized carbons (Fsp3) is 0. The standard InChI is InChI=1S/C15H10N2OS/c18-15(8-7-14-10-19-17-16-14)13-6-5-11-3-1-2-4-12(11)9-13/h1-10H/b8-7-. The van der Waals surface area contributed by atoms with E-state index in [0.29, 0.717) is 11.3 Å². The SMILES string of the molecule is O=C(/C=C\c1csnn1)c1ccc2ccccc2c1. The molecule has 0 aliphatic rings. The zero-order valence-corrected chi connectivity index (χ0v) is 10.8. The molecule has 92 valence electrons. The van der Waals surface area contributed by atoms with Gasteiger partial charge in [-0.25, -0.2) is 0 Å². The number of benzene rings is 2. The van der Waals surface area contributed by atoms with Gasteiger partial charge in [0, 0.05) is 10.9 Å². The number of fused-ring (bicyclic) bond motifs is 1. The highest BCUT2D eigenvalue weighted by Crippen LogP contribution is 2.16. The summed E-state index contributed by atoms with van der Waals surface area (Å²) in [5.41, 5.74) is 1.39. The van der Waals surface area contributed by atoms with Crippen LogP contribution in [0.3, 0.4) is 0 Å². The van der Waals surface area contributed by atoms with Gasteiger partial charge in [0.1, 0.15) is 0 Å². The Morgan fingerprint density at radius 3 is 2.74 bits per heavy atom. The van der Waals surface area contributed by atoms with Gasteiger partial charge in [0.15, 0.2) is 5.78 Å². The highest BCUT2D eigenvalue weighted by molar-refractivity contribution is 7.03. The van der Waals surface area contributed by atoms with Crippen LogP contribution in [0.25, 0.3) is 16.8 Å². The van der Waals surface area contributed by atoms with Crippen LogP contribution in [-0.2, 0) is 0 Å². The number of aromatic nitrogens is 2. The molecular weight excluding hydrogens is 256 g/mol. The van der Waals surface area contributed by atoms with Gasteiger partial charge in [0.05, 0.1) is 5.69 Å². The summed E-state index contributed by atoms with van der Waals surface area (Å²) in [6.45, 7) is 0. The van der Waals surface area contributed by atoms with E-state index in [9.17, 15) is 4.79 Å². The number of hydrogen-bond donors (Lipinski definition) is 0. The Hall–Kier alpha value is -2.33. The molecule has 0 saturated carbocycles. The zero-order valence-electron chi connectivity index (χ0n) is 9.98. The number of hydrogen-bond acceptors (Lipinski definition) is 4. The van der Waals surface area contributed by atoms with Crippen molar-refractivity contribution in [2.24, 2.45) is 0 Å². The Morgan fingerprint density at radius 1 is 1.11 bits per heavy atom. The largest absolute Gasteiger partial charge is 0.289 e.